The largest absolute Gasteiger partial charge is 0.450 e. The molecule has 0 spiro atoms. The summed E-state index contributed by atoms with van der Waals surface area (Å²) in [7, 11) is 0. The molecule has 0 aliphatic rings. The highest BCUT2D eigenvalue weighted by molar-refractivity contribution is 7.99. The fourth-order valence-electron chi connectivity index (χ4n) is 0.282. The summed E-state index contributed by atoms with van der Waals surface area (Å²) in [5.74, 6) is 0. The lowest BCUT2D eigenvalue weighted by atomic mass is 11.3. The average molecular weight is 169 g/mol. The Morgan fingerprint density at radius 3 is 2.60 bits per heavy atom. The summed E-state index contributed by atoms with van der Waals surface area (Å²) in [5, 5.41) is 2.33. The molecule has 1 aromatic heterocycles. The smallest absolute Gasteiger partial charge is 0.326 e. The molecule has 0 fully saturated rings. The zero-order valence-corrected chi connectivity index (χ0v) is 5.16. The SMILES string of the molecule is FC(F)(F)Sc1n[c]no1. The van der Waals surface area contributed by atoms with E-state index in [1.54, 1.807) is 0 Å². The molecular weight excluding hydrogens is 169 g/mol. The molecule has 0 saturated carbocycles. The first-order chi connectivity index (χ1) is 4.58. The average Bonchev–Trinajstić information content (AvgIpc) is 2.12. The molecule has 0 aromatic carbocycles. The summed E-state index contributed by atoms with van der Waals surface area (Å²) in [6.07, 6.45) is 1.86. The van der Waals surface area contributed by atoms with Gasteiger partial charge in [-0.1, -0.05) is 5.16 Å². The Hall–Kier alpha value is -0.720. The zero-order valence-electron chi connectivity index (χ0n) is 4.34. The Morgan fingerprint density at radius 1 is 1.50 bits per heavy atom. The molecule has 0 amide bonds. The third-order valence-corrected chi connectivity index (χ3v) is 1.08. The van der Waals surface area contributed by atoms with Crippen LogP contribution in [-0.2, 0) is 0 Å². The highest BCUT2D eigenvalue weighted by Crippen LogP contribution is 2.34. The second-order valence-corrected chi connectivity index (χ2v) is 2.22. The van der Waals surface area contributed by atoms with E-state index in [0.29, 0.717) is 0 Å². The molecule has 0 N–H and O–H groups in total. The number of thioether (sulfide) groups is 1. The van der Waals surface area contributed by atoms with E-state index in [9.17, 15) is 13.2 Å². The summed E-state index contributed by atoms with van der Waals surface area (Å²) >= 11 is -0.464. The van der Waals surface area contributed by atoms with E-state index in [4.69, 9.17) is 0 Å². The van der Waals surface area contributed by atoms with Gasteiger partial charge in [-0.3, -0.25) is 0 Å². The molecule has 10 heavy (non-hydrogen) atoms. The van der Waals surface area contributed by atoms with Crippen molar-refractivity contribution in [3.8, 4) is 0 Å². The Kier molecular flexibility index (Phi) is 1.84. The molecule has 1 aromatic rings. The van der Waals surface area contributed by atoms with Crippen LogP contribution in [0.2, 0.25) is 0 Å². The summed E-state index contributed by atoms with van der Waals surface area (Å²) in [6.45, 7) is 0. The predicted molar refractivity (Wildman–Crippen MR) is 25.0 cm³/mol. The zero-order chi connectivity index (χ0) is 7.61. The molecular formula is C3F3N2OS. The van der Waals surface area contributed by atoms with Gasteiger partial charge in [0.2, 0.25) is 6.33 Å². The lowest BCUT2D eigenvalue weighted by molar-refractivity contribution is -0.0339. The van der Waals surface area contributed by atoms with Gasteiger partial charge >= 0.3 is 5.51 Å². The van der Waals surface area contributed by atoms with E-state index < -0.39 is 22.5 Å². The van der Waals surface area contributed by atoms with Gasteiger partial charge in [0, 0.05) is 11.8 Å². The van der Waals surface area contributed by atoms with Crippen molar-refractivity contribution >= 4 is 11.8 Å². The number of aromatic nitrogens is 2. The van der Waals surface area contributed by atoms with Crippen molar-refractivity contribution in [2.45, 2.75) is 10.7 Å². The van der Waals surface area contributed by atoms with Crippen molar-refractivity contribution in [1.29, 1.82) is 0 Å². The fraction of sp³-hybridized carbons (Fsp3) is 0.333. The van der Waals surface area contributed by atoms with E-state index in [2.05, 4.69) is 14.7 Å². The van der Waals surface area contributed by atoms with Crippen molar-refractivity contribution in [1.82, 2.24) is 10.1 Å². The quantitative estimate of drug-likeness (QED) is 0.597. The molecule has 1 rings (SSSR count). The van der Waals surface area contributed by atoms with Crippen LogP contribution in [0.1, 0.15) is 0 Å². The van der Waals surface area contributed by atoms with Crippen LogP contribution in [0.5, 0.6) is 0 Å². The third-order valence-electron chi connectivity index (χ3n) is 0.509. The third kappa shape index (κ3) is 2.26. The number of alkyl halides is 3. The fourth-order valence-corrected chi connectivity index (χ4v) is 0.641. The van der Waals surface area contributed by atoms with Gasteiger partial charge in [0.15, 0.2) is 0 Å². The number of hydrogen-bond acceptors (Lipinski definition) is 4. The Bertz CT molecular complexity index is 196. The van der Waals surface area contributed by atoms with Crippen LogP contribution >= 0.6 is 11.8 Å². The topological polar surface area (TPSA) is 38.9 Å². The minimum absolute atomic E-state index is 0.464. The van der Waals surface area contributed by atoms with E-state index >= 15 is 0 Å². The van der Waals surface area contributed by atoms with Crippen LogP contribution in [0.4, 0.5) is 13.2 Å². The van der Waals surface area contributed by atoms with Gasteiger partial charge in [-0.15, -0.1) is 0 Å². The first-order valence-corrected chi connectivity index (χ1v) is 2.85. The molecule has 0 saturated heterocycles. The number of rotatable bonds is 1. The lowest BCUT2D eigenvalue weighted by Gasteiger charge is -1.97. The maximum atomic E-state index is 11.4. The van der Waals surface area contributed by atoms with Crippen LogP contribution in [-0.4, -0.2) is 15.6 Å². The molecule has 55 valence electrons. The van der Waals surface area contributed by atoms with Crippen molar-refractivity contribution in [2.24, 2.45) is 0 Å². The Morgan fingerprint density at radius 2 is 2.20 bits per heavy atom. The minimum Gasteiger partial charge on any atom is -0.326 e. The van der Waals surface area contributed by atoms with Crippen molar-refractivity contribution in [2.75, 3.05) is 0 Å². The standard InChI is InChI=1S/C3F3N2OS/c4-3(5,6)10-2-7-1-8-9-2. The summed E-state index contributed by atoms with van der Waals surface area (Å²) < 4.78 is 38.4. The number of nitrogens with zero attached hydrogens (tertiary/aromatic N) is 2. The van der Waals surface area contributed by atoms with Gasteiger partial charge in [-0.2, -0.15) is 18.2 Å². The molecule has 0 bridgehead atoms. The van der Waals surface area contributed by atoms with Gasteiger partial charge in [0.1, 0.15) is 0 Å². The van der Waals surface area contributed by atoms with Gasteiger partial charge < -0.3 is 4.52 Å². The normalized spacial score (nSPS) is 11.9. The van der Waals surface area contributed by atoms with Crippen LogP contribution in [0.25, 0.3) is 0 Å². The maximum absolute atomic E-state index is 11.4. The summed E-state index contributed by atoms with van der Waals surface area (Å²) in [6, 6.07) is 0. The molecule has 7 heteroatoms. The Balaban J connectivity index is 2.57. The van der Waals surface area contributed by atoms with Gasteiger partial charge in [-0.25, -0.2) is 0 Å². The second-order valence-electron chi connectivity index (χ2n) is 1.21. The van der Waals surface area contributed by atoms with Crippen LogP contribution in [0, 0.1) is 6.33 Å². The summed E-state index contributed by atoms with van der Waals surface area (Å²) in [4.78, 5) is 3.04. The first-order valence-electron chi connectivity index (χ1n) is 2.03. The van der Waals surface area contributed by atoms with Crippen LogP contribution < -0.4 is 0 Å². The van der Waals surface area contributed by atoms with Gasteiger partial charge in [0.25, 0.3) is 5.22 Å². The summed E-state index contributed by atoms with van der Waals surface area (Å²) in [5.41, 5.74) is -4.37. The van der Waals surface area contributed by atoms with Crippen molar-refractivity contribution in [3.05, 3.63) is 6.33 Å². The second kappa shape index (κ2) is 2.49. The van der Waals surface area contributed by atoms with Crippen molar-refractivity contribution < 1.29 is 17.7 Å². The van der Waals surface area contributed by atoms with Crippen LogP contribution in [0.15, 0.2) is 9.75 Å². The number of halogens is 3. The molecule has 3 nitrogen and oxygen atoms in total. The van der Waals surface area contributed by atoms with E-state index in [-0.39, 0.29) is 0 Å². The van der Waals surface area contributed by atoms with Gasteiger partial charge in [0.05, 0.1) is 0 Å². The molecule has 1 radical (unpaired) electrons. The lowest BCUT2D eigenvalue weighted by Crippen LogP contribution is -1.98. The molecule has 1 heterocycles. The van der Waals surface area contributed by atoms with E-state index in [1.165, 1.54) is 0 Å². The minimum atomic E-state index is -4.37. The highest BCUT2D eigenvalue weighted by atomic mass is 32.2. The van der Waals surface area contributed by atoms with Gasteiger partial charge in [-0.05, 0) is 0 Å². The molecule has 0 aliphatic carbocycles. The highest BCUT2D eigenvalue weighted by Gasteiger charge is 2.32. The first kappa shape index (κ1) is 7.39. The van der Waals surface area contributed by atoms with E-state index in [1.807, 2.05) is 6.33 Å². The van der Waals surface area contributed by atoms with Crippen molar-refractivity contribution in [3.63, 3.8) is 0 Å². The molecule has 0 unspecified atom stereocenters. The van der Waals surface area contributed by atoms with E-state index in [0.717, 1.165) is 0 Å². The maximum Gasteiger partial charge on any atom is 0.450 e. The predicted octanol–water partition coefficient (Wildman–Crippen LogP) is 1.48. The van der Waals surface area contributed by atoms with Crippen LogP contribution in [0.3, 0.4) is 0 Å². The Labute approximate surface area is 57.6 Å². The molecule has 0 atom stereocenters. The monoisotopic (exact) mass is 169 g/mol. The molecule has 0 aliphatic heterocycles. The number of hydrogen-bond donors (Lipinski definition) is 0.